The molecule has 20 heavy (non-hydrogen) atoms. The van der Waals surface area contributed by atoms with Crippen molar-refractivity contribution in [2.45, 2.75) is 24.4 Å². The number of carbonyl (C=O) groups excluding carboxylic acids is 1. The zero-order chi connectivity index (χ0) is 14.8. The third-order valence-corrected chi connectivity index (χ3v) is 3.94. The summed E-state index contributed by atoms with van der Waals surface area (Å²) in [6.07, 6.45) is -3.83. The summed E-state index contributed by atoms with van der Waals surface area (Å²) < 4.78 is 38.2. The van der Waals surface area contributed by atoms with E-state index in [2.05, 4.69) is 0 Å². The van der Waals surface area contributed by atoms with Gasteiger partial charge in [0.15, 0.2) is 0 Å². The van der Waals surface area contributed by atoms with E-state index in [1.54, 1.807) is 30.3 Å². The van der Waals surface area contributed by atoms with Crippen molar-refractivity contribution in [3.63, 3.8) is 0 Å². The van der Waals surface area contributed by atoms with Gasteiger partial charge in [-0.15, -0.1) is 11.6 Å². The molecule has 0 saturated carbocycles. The molecule has 2 unspecified atom stereocenters. The molecule has 1 saturated heterocycles. The maximum Gasteiger partial charge on any atom is 0.393 e. The van der Waals surface area contributed by atoms with E-state index in [0.717, 1.165) is 0 Å². The zero-order valence-electron chi connectivity index (χ0n) is 10.7. The Kier molecular flexibility index (Phi) is 4.58. The van der Waals surface area contributed by atoms with Crippen LogP contribution < -0.4 is 0 Å². The predicted molar refractivity (Wildman–Crippen MR) is 70.4 cm³/mol. The van der Waals surface area contributed by atoms with E-state index < -0.39 is 23.4 Å². The molecule has 1 aromatic carbocycles. The first-order valence-corrected chi connectivity index (χ1v) is 6.87. The van der Waals surface area contributed by atoms with Crippen LogP contribution >= 0.6 is 11.6 Å². The highest BCUT2D eigenvalue weighted by Crippen LogP contribution is 2.34. The number of rotatable bonds is 2. The van der Waals surface area contributed by atoms with Gasteiger partial charge in [-0.2, -0.15) is 13.2 Å². The van der Waals surface area contributed by atoms with E-state index >= 15 is 0 Å². The number of likely N-dealkylation sites (tertiary alicyclic amines) is 1. The molecule has 0 bridgehead atoms. The van der Waals surface area contributed by atoms with Gasteiger partial charge in [0, 0.05) is 13.1 Å². The van der Waals surface area contributed by atoms with Crippen LogP contribution in [-0.4, -0.2) is 30.1 Å². The lowest BCUT2D eigenvalue weighted by atomic mass is 9.97. The molecule has 1 aliphatic rings. The third-order valence-electron chi connectivity index (χ3n) is 3.51. The molecule has 2 atom stereocenters. The first kappa shape index (κ1) is 15.2. The van der Waals surface area contributed by atoms with Gasteiger partial charge in [-0.25, -0.2) is 0 Å². The second kappa shape index (κ2) is 6.04. The van der Waals surface area contributed by atoms with Crippen LogP contribution in [0.5, 0.6) is 0 Å². The van der Waals surface area contributed by atoms with E-state index in [4.69, 9.17) is 11.6 Å². The monoisotopic (exact) mass is 305 g/mol. The number of carbonyl (C=O) groups is 1. The maximum atomic E-state index is 12.7. The van der Waals surface area contributed by atoms with Crippen LogP contribution in [0, 0.1) is 5.92 Å². The SMILES string of the molecule is O=C(C(Cl)c1ccccc1)N1CCCC(C(F)(F)F)C1. The van der Waals surface area contributed by atoms with E-state index in [1.165, 1.54) is 4.90 Å². The van der Waals surface area contributed by atoms with E-state index in [9.17, 15) is 18.0 Å². The molecule has 1 fully saturated rings. The minimum atomic E-state index is -4.26. The van der Waals surface area contributed by atoms with Crippen molar-refractivity contribution in [3.8, 4) is 0 Å². The van der Waals surface area contributed by atoms with Crippen molar-refractivity contribution in [1.82, 2.24) is 4.90 Å². The summed E-state index contributed by atoms with van der Waals surface area (Å²) in [5.74, 6) is -1.90. The van der Waals surface area contributed by atoms with Crippen LogP contribution in [0.4, 0.5) is 13.2 Å². The van der Waals surface area contributed by atoms with Crippen LogP contribution in [0.2, 0.25) is 0 Å². The van der Waals surface area contributed by atoms with Crippen LogP contribution in [0.3, 0.4) is 0 Å². The first-order chi connectivity index (χ1) is 9.39. The number of halogens is 4. The molecule has 0 spiro atoms. The minimum Gasteiger partial charge on any atom is -0.341 e. The van der Waals surface area contributed by atoms with Gasteiger partial charge in [0.25, 0.3) is 0 Å². The molecule has 6 heteroatoms. The van der Waals surface area contributed by atoms with Crippen molar-refractivity contribution in [3.05, 3.63) is 35.9 Å². The maximum absolute atomic E-state index is 12.7. The quantitative estimate of drug-likeness (QED) is 0.762. The zero-order valence-corrected chi connectivity index (χ0v) is 11.5. The highest BCUT2D eigenvalue weighted by Gasteiger charge is 2.43. The molecule has 0 aliphatic carbocycles. The Morgan fingerprint density at radius 1 is 1.30 bits per heavy atom. The summed E-state index contributed by atoms with van der Waals surface area (Å²) in [6.45, 7) is 0.0415. The largest absolute Gasteiger partial charge is 0.393 e. The lowest BCUT2D eigenvalue weighted by molar-refractivity contribution is -0.188. The van der Waals surface area contributed by atoms with Crippen LogP contribution in [0.25, 0.3) is 0 Å². The van der Waals surface area contributed by atoms with Crippen LogP contribution in [0.1, 0.15) is 23.8 Å². The topological polar surface area (TPSA) is 20.3 Å². The fourth-order valence-electron chi connectivity index (χ4n) is 2.37. The van der Waals surface area contributed by atoms with Crippen molar-refractivity contribution in [2.75, 3.05) is 13.1 Å². The molecule has 0 N–H and O–H groups in total. The fourth-order valence-corrected chi connectivity index (χ4v) is 2.65. The molecular weight excluding hydrogens is 291 g/mol. The summed E-state index contributed by atoms with van der Waals surface area (Å²) >= 11 is 6.08. The molecule has 2 rings (SSSR count). The average Bonchev–Trinajstić information content (AvgIpc) is 2.46. The number of hydrogen-bond acceptors (Lipinski definition) is 1. The van der Waals surface area contributed by atoms with Gasteiger partial charge in [0.05, 0.1) is 5.92 Å². The van der Waals surface area contributed by atoms with Crippen LogP contribution in [0.15, 0.2) is 30.3 Å². The molecule has 1 amide bonds. The van der Waals surface area contributed by atoms with Crippen molar-refractivity contribution < 1.29 is 18.0 Å². The van der Waals surface area contributed by atoms with Crippen LogP contribution in [-0.2, 0) is 4.79 Å². The molecule has 110 valence electrons. The number of nitrogens with zero attached hydrogens (tertiary/aromatic N) is 1. The predicted octanol–water partition coefficient (Wildman–Crippen LogP) is 3.77. The van der Waals surface area contributed by atoms with Crippen molar-refractivity contribution in [1.29, 1.82) is 0 Å². The Bertz CT molecular complexity index is 463. The van der Waals surface area contributed by atoms with E-state index in [1.807, 2.05) is 0 Å². The molecule has 1 aromatic rings. The summed E-state index contributed by atoms with van der Waals surface area (Å²) in [6, 6.07) is 8.67. The average molecular weight is 306 g/mol. The van der Waals surface area contributed by atoms with Gasteiger partial charge in [-0.3, -0.25) is 4.79 Å². The molecular formula is C14H15ClF3NO. The molecule has 0 aromatic heterocycles. The van der Waals surface area contributed by atoms with Gasteiger partial charge in [-0.1, -0.05) is 30.3 Å². The van der Waals surface area contributed by atoms with E-state index in [-0.39, 0.29) is 13.0 Å². The fraction of sp³-hybridized carbons (Fsp3) is 0.500. The Labute approximate surface area is 120 Å². The summed E-state index contributed by atoms with van der Waals surface area (Å²) in [4.78, 5) is 13.4. The van der Waals surface area contributed by atoms with Gasteiger partial charge in [0.2, 0.25) is 5.91 Å². The third kappa shape index (κ3) is 3.45. The smallest absolute Gasteiger partial charge is 0.341 e. The summed E-state index contributed by atoms with van der Waals surface area (Å²) in [5, 5.41) is -0.928. The Morgan fingerprint density at radius 2 is 1.95 bits per heavy atom. The van der Waals surface area contributed by atoms with Crippen molar-refractivity contribution >= 4 is 17.5 Å². The molecule has 2 nitrogen and oxygen atoms in total. The molecule has 1 heterocycles. The number of hydrogen-bond donors (Lipinski definition) is 0. The van der Waals surface area contributed by atoms with Gasteiger partial charge >= 0.3 is 6.18 Å². The number of alkyl halides is 4. The standard InChI is InChI=1S/C14H15ClF3NO/c15-12(10-5-2-1-3-6-10)13(20)19-8-4-7-11(9-19)14(16,17)18/h1-3,5-6,11-12H,4,7-9H2. The molecule has 1 aliphatic heterocycles. The lowest BCUT2D eigenvalue weighted by Crippen LogP contribution is -2.45. The minimum absolute atomic E-state index is 0.0750. The summed E-state index contributed by atoms with van der Waals surface area (Å²) in [5.41, 5.74) is 0.605. The van der Waals surface area contributed by atoms with Gasteiger partial charge < -0.3 is 4.90 Å². The Morgan fingerprint density at radius 3 is 2.55 bits per heavy atom. The van der Waals surface area contributed by atoms with Crippen molar-refractivity contribution in [2.24, 2.45) is 5.92 Å². The molecule has 0 radical (unpaired) electrons. The lowest BCUT2D eigenvalue weighted by Gasteiger charge is -2.34. The second-order valence-corrected chi connectivity index (χ2v) is 5.37. The van der Waals surface area contributed by atoms with Gasteiger partial charge in [0.1, 0.15) is 5.38 Å². The second-order valence-electron chi connectivity index (χ2n) is 4.94. The van der Waals surface area contributed by atoms with Gasteiger partial charge in [-0.05, 0) is 18.4 Å². The Balaban J connectivity index is 2.05. The number of amides is 1. The number of benzene rings is 1. The Hall–Kier alpha value is -1.23. The highest BCUT2D eigenvalue weighted by molar-refractivity contribution is 6.30. The number of piperidine rings is 1. The van der Waals surface area contributed by atoms with E-state index in [0.29, 0.717) is 18.5 Å². The summed E-state index contributed by atoms with van der Waals surface area (Å²) in [7, 11) is 0. The highest BCUT2D eigenvalue weighted by atomic mass is 35.5. The first-order valence-electron chi connectivity index (χ1n) is 6.44. The normalized spacial score (nSPS) is 21.6.